The molecule has 0 spiro atoms. The number of nitrogens with one attached hydrogen (secondary N) is 1. The van der Waals surface area contributed by atoms with Crippen LogP contribution in [0.5, 0.6) is 0 Å². The molecule has 66 valence electrons. The third-order valence-electron chi connectivity index (χ3n) is 1.48. The van der Waals surface area contributed by atoms with Crippen molar-refractivity contribution in [1.29, 1.82) is 0 Å². The summed E-state index contributed by atoms with van der Waals surface area (Å²) in [6, 6.07) is 6.39. The minimum atomic E-state index is -0.193. The topological polar surface area (TPSA) is 12.0 Å². The zero-order chi connectivity index (χ0) is 8.81. The van der Waals surface area contributed by atoms with Gasteiger partial charge in [0.15, 0.2) is 0 Å². The molecule has 1 rings (SSSR count). The molecule has 0 saturated heterocycles. The van der Waals surface area contributed by atoms with E-state index in [9.17, 15) is 4.39 Å². The molecule has 1 aromatic rings. The van der Waals surface area contributed by atoms with Gasteiger partial charge in [0.1, 0.15) is 5.82 Å². The van der Waals surface area contributed by atoms with E-state index in [4.69, 9.17) is 0 Å². The number of hydrogen-bond acceptors (Lipinski definition) is 1. The maximum atomic E-state index is 12.4. The Hall–Kier alpha value is -0.570. The van der Waals surface area contributed by atoms with Gasteiger partial charge in [-0.3, -0.25) is 0 Å². The van der Waals surface area contributed by atoms with Crippen LogP contribution in [-0.4, -0.2) is 11.9 Å². The number of benzene rings is 1. The summed E-state index contributed by atoms with van der Waals surface area (Å²) in [5, 5.41) is 4.16. The van der Waals surface area contributed by atoms with Gasteiger partial charge in [-0.25, -0.2) is 4.39 Å². The summed E-state index contributed by atoms with van der Waals surface area (Å²) in [7, 11) is 0. The van der Waals surface area contributed by atoms with Crippen LogP contribution in [0.2, 0.25) is 0 Å². The summed E-state index contributed by atoms with van der Waals surface area (Å²) in [5.41, 5.74) is 0.970. The lowest BCUT2D eigenvalue weighted by Gasteiger charge is -2.03. The third-order valence-corrected chi connectivity index (χ3v) is 2.04. The fourth-order valence-corrected chi connectivity index (χ4v) is 1.15. The third kappa shape index (κ3) is 3.22. The van der Waals surface area contributed by atoms with Crippen molar-refractivity contribution in [3.8, 4) is 0 Å². The van der Waals surface area contributed by atoms with Crippen LogP contribution in [0.15, 0.2) is 24.3 Å². The van der Waals surface area contributed by atoms with Crippen LogP contribution in [0.3, 0.4) is 0 Å². The summed E-state index contributed by atoms with van der Waals surface area (Å²) in [4.78, 5) is 0. The minimum Gasteiger partial charge on any atom is -0.385 e. The molecule has 3 heteroatoms. The zero-order valence-electron chi connectivity index (χ0n) is 6.69. The van der Waals surface area contributed by atoms with Crippen molar-refractivity contribution in [1.82, 2.24) is 0 Å². The molecule has 0 bridgehead atoms. The van der Waals surface area contributed by atoms with E-state index in [0.29, 0.717) is 0 Å². The van der Waals surface area contributed by atoms with Crippen molar-refractivity contribution in [2.24, 2.45) is 0 Å². The summed E-state index contributed by atoms with van der Waals surface area (Å²) < 4.78 is 12.4. The Kier molecular flexibility index (Phi) is 4.08. The average Bonchev–Trinajstić information content (AvgIpc) is 2.09. The van der Waals surface area contributed by atoms with Crippen LogP contribution >= 0.6 is 15.9 Å². The molecule has 0 atom stereocenters. The first-order chi connectivity index (χ1) is 5.83. The minimum absolute atomic E-state index is 0.193. The largest absolute Gasteiger partial charge is 0.385 e. The molecule has 0 unspecified atom stereocenters. The molecule has 1 aromatic carbocycles. The highest BCUT2D eigenvalue weighted by Crippen LogP contribution is 2.07. The molecule has 0 aromatic heterocycles. The standard InChI is InChI=1S/C9H11BrFN/c10-6-1-7-12-9-4-2-8(11)3-5-9/h2-5,12H,1,6-7H2. The van der Waals surface area contributed by atoms with E-state index >= 15 is 0 Å². The zero-order valence-corrected chi connectivity index (χ0v) is 8.27. The Labute approximate surface area is 80.1 Å². The van der Waals surface area contributed by atoms with E-state index in [1.165, 1.54) is 12.1 Å². The fraction of sp³-hybridized carbons (Fsp3) is 0.333. The van der Waals surface area contributed by atoms with Crippen LogP contribution in [0.1, 0.15) is 6.42 Å². The van der Waals surface area contributed by atoms with E-state index in [1.807, 2.05) is 0 Å². The lowest BCUT2D eigenvalue weighted by atomic mass is 10.3. The lowest BCUT2D eigenvalue weighted by molar-refractivity contribution is 0.628. The molecule has 12 heavy (non-hydrogen) atoms. The summed E-state index contributed by atoms with van der Waals surface area (Å²) in [5.74, 6) is -0.193. The Morgan fingerprint density at radius 1 is 1.25 bits per heavy atom. The van der Waals surface area contributed by atoms with Crippen LogP contribution in [0.25, 0.3) is 0 Å². The van der Waals surface area contributed by atoms with Crippen molar-refractivity contribution in [2.45, 2.75) is 6.42 Å². The average molecular weight is 232 g/mol. The monoisotopic (exact) mass is 231 g/mol. The fourth-order valence-electron chi connectivity index (χ4n) is 0.867. The molecule has 0 aliphatic carbocycles. The Morgan fingerprint density at radius 3 is 2.50 bits per heavy atom. The highest BCUT2D eigenvalue weighted by Gasteiger charge is 1.91. The molecule has 0 aliphatic heterocycles. The molecule has 0 heterocycles. The highest BCUT2D eigenvalue weighted by molar-refractivity contribution is 9.09. The van der Waals surface area contributed by atoms with E-state index < -0.39 is 0 Å². The van der Waals surface area contributed by atoms with Crippen molar-refractivity contribution in [3.63, 3.8) is 0 Å². The first kappa shape index (κ1) is 9.52. The first-order valence-electron chi connectivity index (χ1n) is 3.88. The van der Waals surface area contributed by atoms with Crippen molar-refractivity contribution in [3.05, 3.63) is 30.1 Å². The van der Waals surface area contributed by atoms with Gasteiger partial charge in [0.05, 0.1) is 0 Å². The van der Waals surface area contributed by atoms with Gasteiger partial charge in [-0.05, 0) is 30.7 Å². The number of alkyl halides is 1. The van der Waals surface area contributed by atoms with Gasteiger partial charge >= 0.3 is 0 Å². The molecule has 0 fully saturated rings. The Bertz CT molecular complexity index is 222. The molecule has 1 N–H and O–H groups in total. The number of hydrogen-bond donors (Lipinski definition) is 1. The quantitative estimate of drug-likeness (QED) is 0.621. The van der Waals surface area contributed by atoms with Gasteiger partial charge in [-0.1, -0.05) is 15.9 Å². The molecule has 0 saturated carbocycles. The lowest BCUT2D eigenvalue weighted by Crippen LogP contribution is -2.01. The summed E-state index contributed by atoms with van der Waals surface area (Å²) in [6.45, 7) is 0.914. The van der Waals surface area contributed by atoms with E-state index in [1.54, 1.807) is 12.1 Å². The molecule has 1 nitrogen and oxygen atoms in total. The predicted molar refractivity (Wildman–Crippen MR) is 53.3 cm³/mol. The molecule has 0 radical (unpaired) electrons. The molecular formula is C9H11BrFN. The smallest absolute Gasteiger partial charge is 0.123 e. The van der Waals surface area contributed by atoms with Crippen LogP contribution < -0.4 is 5.32 Å². The van der Waals surface area contributed by atoms with E-state index in [2.05, 4.69) is 21.2 Å². The number of rotatable bonds is 4. The maximum absolute atomic E-state index is 12.4. The first-order valence-corrected chi connectivity index (χ1v) is 5.00. The van der Waals surface area contributed by atoms with Gasteiger partial charge in [0.2, 0.25) is 0 Å². The van der Waals surface area contributed by atoms with Crippen LogP contribution in [0.4, 0.5) is 10.1 Å². The Morgan fingerprint density at radius 2 is 1.92 bits per heavy atom. The molecule has 0 amide bonds. The van der Waals surface area contributed by atoms with Crippen LogP contribution in [-0.2, 0) is 0 Å². The Balaban J connectivity index is 2.37. The number of anilines is 1. The molecular weight excluding hydrogens is 221 g/mol. The van der Waals surface area contributed by atoms with E-state index in [0.717, 1.165) is 24.0 Å². The van der Waals surface area contributed by atoms with Crippen LogP contribution in [0, 0.1) is 5.82 Å². The SMILES string of the molecule is Fc1ccc(NCCCBr)cc1. The number of halogens is 2. The molecule has 0 aliphatic rings. The van der Waals surface area contributed by atoms with Gasteiger partial charge in [-0.2, -0.15) is 0 Å². The second-order valence-corrected chi connectivity index (χ2v) is 3.27. The van der Waals surface area contributed by atoms with Crippen molar-refractivity contribution < 1.29 is 4.39 Å². The summed E-state index contributed by atoms with van der Waals surface area (Å²) >= 11 is 3.33. The van der Waals surface area contributed by atoms with Crippen molar-refractivity contribution >= 4 is 21.6 Å². The van der Waals surface area contributed by atoms with Gasteiger partial charge < -0.3 is 5.32 Å². The van der Waals surface area contributed by atoms with Gasteiger partial charge in [0, 0.05) is 17.6 Å². The normalized spacial score (nSPS) is 9.83. The van der Waals surface area contributed by atoms with Gasteiger partial charge in [-0.15, -0.1) is 0 Å². The van der Waals surface area contributed by atoms with E-state index in [-0.39, 0.29) is 5.82 Å². The second-order valence-electron chi connectivity index (χ2n) is 2.48. The summed E-state index contributed by atoms with van der Waals surface area (Å²) in [6.07, 6.45) is 1.07. The van der Waals surface area contributed by atoms with Gasteiger partial charge in [0.25, 0.3) is 0 Å². The second kappa shape index (κ2) is 5.14. The highest BCUT2D eigenvalue weighted by atomic mass is 79.9. The van der Waals surface area contributed by atoms with Crippen molar-refractivity contribution in [2.75, 3.05) is 17.2 Å². The maximum Gasteiger partial charge on any atom is 0.123 e. The predicted octanol–water partition coefficient (Wildman–Crippen LogP) is 3.02.